The Morgan fingerprint density at radius 3 is 2.29 bits per heavy atom. The van der Waals surface area contributed by atoms with Crippen LogP contribution in [0.4, 0.5) is 0 Å². The molecule has 1 amide bonds. The average Bonchev–Trinajstić information content (AvgIpc) is 2.65. The van der Waals surface area contributed by atoms with Crippen LogP contribution >= 0.6 is 0 Å². The van der Waals surface area contributed by atoms with Crippen LogP contribution in [0.3, 0.4) is 0 Å². The zero-order valence-corrected chi connectivity index (χ0v) is 16.1. The van der Waals surface area contributed by atoms with Gasteiger partial charge in [-0.25, -0.2) is 4.79 Å². The number of aryl methyl sites for hydroxylation is 2. The summed E-state index contributed by atoms with van der Waals surface area (Å²) in [6.07, 6.45) is 0. The van der Waals surface area contributed by atoms with Crippen molar-refractivity contribution < 1.29 is 4.79 Å². The number of amides is 1. The van der Waals surface area contributed by atoms with Gasteiger partial charge in [0.25, 0.3) is 11.5 Å². The first-order valence-electron chi connectivity index (χ1n) is 9.05. The van der Waals surface area contributed by atoms with Gasteiger partial charge < -0.3 is 5.32 Å². The van der Waals surface area contributed by atoms with Gasteiger partial charge in [0.05, 0.1) is 12.2 Å². The van der Waals surface area contributed by atoms with Gasteiger partial charge in [0, 0.05) is 6.54 Å². The molecule has 0 bridgehead atoms. The molecule has 7 heteroatoms. The smallest absolute Gasteiger partial charge is 0.351 e. The Morgan fingerprint density at radius 2 is 1.68 bits per heavy atom. The summed E-state index contributed by atoms with van der Waals surface area (Å²) in [5.41, 5.74) is 1.58. The van der Waals surface area contributed by atoms with Gasteiger partial charge in [0.15, 0.2) is 0 Å². The number of nitrogens with one attached hydrogen (secondary N) is 1. The Morgan fingerprint density at radius 1 is 1.04 bits per heavy atom. The minimum Gasteiger partial charge on any atom is -0.351 e. The van der Waals surface area contributed by atoms with Gasteiger partial charge >= 0.3 is 5.69 Å². The number of carbonyl (C=O) groups excluding carboxylic acids is 1. The summed E-state index contributed by atoms with van der Waals surface area (Å²) < 4.78 is 2.17. The lowest BCUT2D eigenvalue weighted by Gasteiger charge is -2.13. The monoisotopic (exact) mass is 378 g/mol. The first kappa shape index (κ1) is 19.3. The van der Waals surface area contributed by atoms with Crippen LogP contribution in [0.15, 0.2) is 58.1 Å². The van der Waals surface area contributed by atoms with E-state index in [1.54, 1.807) is 19.1 Å². The molecule has 0 aliphatic carbocycles. The lowest BCUT2D eigenvalue weighted by atomic mass is 10.1. The molecule has 1 heterocycles. The van der Waals surface area contributed by atoms with Crippen LogP contribution in [0.25, 0.3) is 5.69 Å². The number of aromatic nitrogens is 3. The van der Waals surface area contributed by atoms with E-state index in [1.807, 2.05) is 50.2 Å². The number of carbonyl (C=O) groups is 1. The highest BCUT2D eigenvalue weighted by Crippen LogP contribution is 2.11. The molecule has 7 nitrogen and oxygen atoms in total. The maximum Gasteiger partial charge on any atom is 0.352 e. The Kier molecular flexibility index (Phi) is 5.54. The maximum absolute atomic E-state index is 13.1. The zero-order chi connectivity index (χ0) is 20.3. The summed E-state index contributed by atoms with van der Waals surface area (Å²) in [7, 11) is 0. The molecule has 3 aromatic rings. The van der Waals surface area contributed by atoms with Crippen LogP contribution in [0.5, 0.6) is 0 Å². The van der Waals surface area contributed by atoms with Crippen LogP contribution in [-0.4, -0.2) is 26.8 Å². The Bertz CT molecular complexity index is 1110. The standard InChI is InChI=1S/C21H22N4O3/c1-4-22-19(26)18-20(27)24(13-16-8-6-5-7-9-16)21(28)25(23-18)17-11-14(2)10-15(3)12-17/h5-12H,4,13H2,1-3H3,(H,22,26). The van der Waals surface area contributed by atoms with E-state index >= 15 is 0 Å². The van der Waals surface area contributed by atoms with Gasteiger partial charge in [-0.2, -0.15) is 9.78 Å². The number of rotatable bonds is 5. The van der Waals surface area contributed by atoms with Crippen molar-refractivity contribution in [3.63, 3.8) is 0 Å². The molecule has 0 saturated carbocycles. The van der Waals surface area contributed by atoms with Gasteiger partial charge in [0.2, 0.25) is 5.69 Å². The van der Waals surface area contributed by atoms with Crippen molar-refractivity contribution in [2.45, 2.75) is 27.3 Å². The molecule has 1 aromatic heterocycles. The molecule has 0 saturated heterocycles. The van der Waals surface area contributed by atoms with E-state index in [0.717, 1.165) is 25.9 Å². The molecule has 0 aliphatic heterocycles. The summed E-state index contributed by atoms with van der Waals surface area (Å²) in [5, 5.41) is 6.69. The minimum absolute atomic E-state index is 0.0538. The molecule has 1 N–H and O–H groups in total. The lowest BCUT2D eigenvalue weighted by Crippen LogP contribution is -2.46. The van der Waals surface area contributed by atoms with Crippen LogP contribution in [0.2, 0.25) is 0 Å². The molecule has 0 radical (unpaired) electrons. The van der Waals surface area contributed by atoms with Gasteiger partial charge in [0.1, 0.15) is 0 Å². The summed E-state index contributed by atoms with van der Waals surface area (Å²) >= 11 is 0. The molecule has 0 spiro atoms. The number of hydrogen-bond donors (Lipinski definition) is 1. The summed E-state index contributed by atoms with van der Waals surface area (Å²) in [6, 6.07) is 14.7. The number of benzene rings is 2. The fourth-order valence-corrected chi connectivity index (χ4v) is 3.05. The van der Waals surface area contributed by atoms with Crippen molar-refractivity contribution >= 4 is 5.91 Å². The van der Waals surface area contributed by atoms with Gasteiger partial charge in [-0.1, -0.05) is 36.4 Å². The molecule has 144 valence electrons. The van der Waals surface area contributed by atoms with Crippen molar-refractivity contribution in [3.05, 3.63) is 91.8 Å². The first-order chi connectivity index (χ1) is 13.4. The van der Waals surface area contributed by atoms with Crippen molar-refractivity contribution in [3.8, 4) is 5.69 Å². The highest BCUT2D eigenvalue weighted by Gasteiger charge is 2.20. The highest BCUT2D eigenvalue weighted by atomic mass is 16.2. The van der Waals surface area contributed by atoms with Crippen LogP contribution in [0.1, 0.15) is 34.1 Å². The van der Waals surface area contributed by atoms with Gasteiger partial charge in [-0.15, -0.1) is 0 Å². The predicted molar refractivity (Wildman–Crippen MR) is 107 cm³/mol. The molecule has 2 aromatic carbocycles. The molecule has 0 unspecified atom stereocenters. The Hall–Kier alpha value is -3.48. The van der Waals surface area contributed by atoms with E-state index < -0.39 is 17.2 Å². The third kappa shape index (κ3) is 3.93. The molecule has 0 aliphatic rings. The number of nitrogens with zero attached hydrogens (tertiary/aromatic N) is 3. The molecule has 28 heavy (non-hydrogen) atoms. The Balaban J connectivity index is 2.26. The second kappa shape index (κ2) is 8.04. The van der Waals surface area contributed by atoms with Gasteiger partial charge in [-0.05, 0) is 49.6 Å². The largest absolute Gasteiger partial charge is 0.352 e. The van der Waals surface area contributed by atoms with E-state index in [0.29, 0.717) is 12.2 Å². The maximum atomic E-state index is 13.1. The highest BCUT2D eigenvalue weighted by molar-refractivity contribution is 5.91. The van der Waals surface area contributed by atoms with Crippen molar-refractivity contribution in [1.29, 1.82) is 0 Å². The quantitative estimate of drug-likeness (QED) is 0.734. The number of hydrogen-bond acceptors (Lipinski definition) is 4. The summed E-state index contributed by atoms with van der Waals surface area (Å²) in [6.45, 7) is 5.97. The van der Waals surface area contributed by atoms with Gasteiger partial charge in [-0.3, -0.25) is 14.2 Å². The molecular weight excluding hydrogens is 356 g/mol. The summed E-state index contributed by atoms with van der Waals surface area (Å²) in [5.74, 6) is -0.604. The van der Waals surface area contributed by atoms with Crippen LogP contribution < -0.4 is 16.6 Å². The minimum atomic E-state index is -0.708. The molecule has 0 fully saturated rings. The van der Waals surface area contributed by atoms with E-state index in [-0.39, 0.29) is 12.2 Å². The van der Waals surface area contributed by atoms with E-state index in [2.05, 4.69) is 10.4 Å². The first-order valence-corrected chi connectivity index (χ1v) is 9.05. The normalized spacial score (nSPS) is 10.7. The van der Waals surface area contributed by atoms with E-state index in [4.69, 9.17) is 0 Å². The third-order valence-corrected chi connectivity index (χ3v) is 4.25. The lowest BCUT2D eigenvalue weighted by molar-refractivity contribution is 0.0946. The van der Waals surface area contributed by atoms with E-state index in [1.165, 1.54) is 0 Å². The molecular formula is C21H22N4O3. The fraction of sp³-hybridized carbons (Fsp3) is 0.238. The van der Waals surface area contributed by atoms with Crippen LogP contribution in [-0.2, 0) is 6.54 Å². The second-order valence-electron chi connectivity index (χ2n) is 6.63. The summed E-state index contributed by atoms with van der Waals surface area (Å²) in [4.78, 5) is 38.3. The molecule has 0 atom stereocenters. The van der Waals surface area contributed by atoms with Crippen LogP contribution in [0, 0.1) is 13.8 Å². The topological polar surface area (TPSA) is 86.0 Å². The predicted octanol–water partition coefficient (Wildman–Crippen LogP) is 1.81. The van der Waals surface area contributed by atoms with E-state index in [9.17, 15) is 14.4 Å². The average molecular weight is 378 g/mol. The third-order valence-electron chi connectivity index (χ3n) is 4.25. The molecule has 3 rings (SSSR count). The van der Waals surface area contributed by atoms with Crippen molar-refractivity contribution in [2.24, 2.45) is 0 Å². The van der Waals surface area contributed by atoms with Crippen molar-refractivity contribution in [2.75, 3.05) is 6.54 Å². The fourth-order valence-electron chi connectivity index (χ4n) is 3.05. The SMILES string of the molecule is CCNC(=O)c1nn(-c2cc(C)cc(C)c2)c(=O)n(Cc2ccccc2)c1=O. The van der Waals surface area contributed by atoms with Crippen molar-refractivity contribution in [1.82, 2.24) is 19.7 Å². The zero-order valence-electron chi connectivity index (χ0n) is 16.1. The second-order valence-corrected chi connectivity index (χ2v) is 6.63. The Labute approximate surface area is 162 Å².